The molecule has 48 heavy (non-hydrogen) atoms. The fraction of sp³-hybridized carbons (Fsp3) is 0.158. The molecule has 1 fully saturated rings. The van der Waals surface area contributed by atoms with Gasteiger partial charge in [0.25, 0.3) is 0 Å². The average molecular weight is 663 g/mol. The highest BCUT2D eigenvalue weighted by Gasteiger charge is 2.32. The van der Waals surface area contributed by atoms with E-state index in [-0.39, 0.29) is 24.4 Å². The third kappa shape index (κ3) is 8.61. The van der Waals surface area contributed by atoms with Gasteiger partial charge in [0.05, 0.1) is 24.4 Å². The number of aliphatic hydroxyl groups excluding tert-OH is 1. The lowest BCUT2D eigenvalue weighted by atomic mass is 10.0. The molecule has 0 bridgehead atoms. The number of aromatic carboxylic acids is 1. The number of amides is 2. The summed E-state index contributed by atoms with van der Waals surface area (Å²) in [6.07, 6.45) is -0.659. The smallest absolute Gasteiger partial charge is 0.336 e. The fourth-order valence-corrected chi connectivity index (χ4v) is 6.29. The van der Waals surface area contributed by atoms with E-state index in [4.69, 9.17) is 14.2 Å². The van der Waals surface area contributed by atoms with E-state index in [9.17, 15) is 19.8 Å². The van der Waals surface area contributed by atoms with Crippen LogP contribution in [0, 0.1) is 0 Å². The first kappa shape index (κ1) is 32.8. The molecule has 0 radical (unpaired) electrons. The number of carbonyl (C=O) groups excluding carboxylic acids is 1. The van der Waals surface area contributed by atoms with Crippen molar-refractivity contribution in [1.82, 2.24) is 0 Å². The number of rotatable bonds is 11. The predicted molar refractivity (Wildman–Crippen MR) is 185 cm³/mol. The Morgan fingerprint density at radius 2 is 1.33 bits per heavy atom. The molecule has 3 unspecified atom stereocenters. The van der Waals surface area contributed by atoms with E-state index in [0.717, 1.165) is 22.4 Å². The summed E-state index contributed by atoms with van der Waals surface area (Å²) >= 11 is 1.44. The zero-order valence-corrected chi connectivity index (χ0v) is 26.6. The van der Waals surface area contributed by atoms with Gasteiger partial charge in [-0.1, -0.05) is 66.7 Å². The molecule has 0 aliphatic carbocycles. The largest absolute Gasteiger partial charge is 0.478 e. The SMILES string of the molecule is O=C(Nc1ccc(Oc2ccccc2)cc1)Nc1ccc(C2OC(CSc3ccccc3C(=O)O)CC(c3ccc(CO)cc3)O2)cc1. The molecule has 0 spiro atoms. The lowest BCUT2D eigenvalue weighted by molar-refractivity contribution is -0.245. The van der Waals surface area contributed by atoms with Crippen molar-refractivity contribution in [2.24, 2.45) is 0 Å². The van der Waals surface area contributed by atoms with Crippen LogP contribution in [0.2, 0.25) is 0 Å². The van der Waals surface area contributed by atoms with Crippen LogP contribution < -0.4 is 15.4 Å². The summed E-state index contributed by atoms with van der Waals surface area (Å²) in [5.41, 5.74) is 3.99. The van der Waals surface area contributed by atoms with Gasteiger partial charge in [0.2, 0.25) is 0 Å². The number of carboxylic acid groups (broad SMARTS) is 1. The molecular formula is C38H34N2O7S. The van der Waals surface area contributed by atoms with Gasteiger partial charge in [-0.25, -0.2) is 9.59 Å². The van der Waals surface area contributed by atoms with Crippen molar-refractivity contribution in [3.8, 4) is 11.5 Å². The molecule has 1 aliphatic rings. The maximum Gasteiger partial charge on any atom is 0.336 e. The number of para-hydroxylation sites is 1. The third-order valence-corrected chi connectivity index (χ3v) is 8.89. The molecule has 10 heteroatoms. The van der Waals surface area contributed by atoms with E-state index in [2.05, 4.69) is 10.6 Å². The topological polar surface area (TPSA) is 126 Å². The number of anilines is 2. The summed E-state index contributed by atoms with van der Waals surface area (Å²) in [5, 5.41) is 24.8. The molecule has 2 amide bonds. The van der Waals surface area contributed by atoms with Gasteiger partial charge in [0.15, 0.2) is 6.29 Å². The molecule has 3 atom stereocenters. The number of carboxylic acids is 1. The van der Waals surface area contributed by atoms with E-state index in [1.54, 1.807) is 54.6 Å². The van der Waals surface area contributed by atoms with E-state index >= 15 is 0 Å². The third-order valence-electron chi connectivity index (χ3n) is 7.69. The molecule has 6 rings (SSSR count). The first-order chi connectivity index (χ1) is 23.4. The van der Waals surface area contributed by atoms with E-state index in [1.807, 2.05) is 72.8 Å². The monoisotopic (exact) mass is 662 g/mol. The first-order valence-corrected chi connectivity index (χ1v) is 16.4. The van der Waals surface area contributed by atoms with Crippen molar-refractivity contribution in [3.05, 3.63) is 150 Å². The highest BCUT2D eigenvalue weighted by Crippen LogP contribution is 2.40. The molecule has 0 aromatic heterocycles. The molecule has 4 N–H and O–H groups in total. The standard InChI is InChI=1S/C38H34N2O7S/c41-23-25-10-12-26(13-11-25)34-22-32(24-48-35-9-5-4-8-33(35)36(42)43)46-37(47-34)27-14-16-28(17-15-27)39-38(44)40-29-18-20-31(21-19-29)45-30-6-2-1-3-7-30/h1-21,32,34,37,41H,22-24H2,(H,42,43)(H2,39,40,44). The highest BCUT2D eigenvalue weighted by atomic mass is 32.2. The number of nitrogens with one attached hydrogen (secondary N) is 2. The van der Waals surface area contributed by atoms with Gasteiger partial charge in [0.1, 0.15) is 11.5 Å². The minimum atomic E-state index is -0.973. The van der Waals surface area contributed by atoms with E-state index < -0.39 is 18.3 Å². The van der Waals surface area contributed by atoms with Crippen molar-refractivity contribution in [2.75, 3.05) is 16.4 Å². The number of urea groups is 1. The number of thioether (sulfide) groups is 1. The van der Waals surface area contributed by atoms with Crippen molar-refractivity contribution in [1.29, 1.82) is 0 Å². The average Bonchev–Trinajstić information content (AvgIpc) is 3.12. The van der Waals surface area contributed by atoms with Crippen LogP contribution in [0.25, 0.3) is 0 Å². The van der Waals surface area contributed by atoms with Gasteiger partial charge in [-0.3, -0.25) is 0 Å². The zero-order valence-electron chi connectivity index (χ0n) is 25.8. The first-order valence-electron chi connectivity index (χ1n) is 15.4. The van der Waals surface area contributed by atoms with Crippen LogP contribution in [0.3, 0.4) is 0 Å². The maximum absolute atomic E-state index is 12.7. The highest BCUT2D eigenvalue weighted by molar-refractivity contribution is 7.99. The van der Waals surface area contributed by atoms with Gasteiger partial charge in [-0.15, -0.1) is 11.8 Å². The second kappa shape index (κ2) is 15.6. The van der Waals surface area contributed by atoms with Crippen LogP contribution in [0.5, 0.6) is 11.5 Å². The Labute approximate surface area is 282 Å². The molecule has 0 saturated carbocycles. The van der Waals surface area contributed by atoms with Crippen LogP contribution in [0.4, 0.5) is 16.2 Å². The van der Waals surface area contributed by atoms with Crippen LogP contribution in [-0.4, -0.2) is 34.1 Å². The second-order valence-electron chi connectivity index (χ2n) is 11.1. The Balaban J connectivity index is 1.10. The predicted octanol–water partition coefficient (Wildman–Crippen LogP) is 8.65. The lowest BCUT2D eigenvalue weighted by Gasteiger charge is -2.36. The number of hydrogen-bond donors (Lipinski definition) is 4. The van der Waals surface area contributed by atoms with Gasteiger partial charge in [-0.05, 0) is 71.8 Å². The fourth-order valence-electron chi connectivity index (χ4n) is 5.22. The van der Waals surface area contributed by atoms with Crippen molar-refractivity contribution in [2.45, 2.75) is 36.4 Å². The molecule has 5 aromatic rings. The summed E-state index contributed by atoms with van der Waals surface area (Å²) in [4.78, 5) is 25.1. The summed E-state index contributed by atoms with van der Waals surface area (Å²) in [6, 6.07) is 38.0. The van der Waals surface area contributed by atoms with Gasteiger partial charge < -0.3 is 35.1 Å². The van der Waals surface area contributed by atoms with Crippen LogP contribution in [-0.2, 0) is 16.1 Å². The van der Waals surface area contributed by atoms with Crippen molar-refractivity contribution < 1.29 is 34.0 Å². The minimum Gasteiger partial charge on any atom is -0.478 e. The number of aliphatic hydroxyl groups is 1. The molecular weight excluding hydrogens is 628 g/mol. The Morgan fingerprint density at radius 3 is 2.00 bits per heavy atom. The maximum atomic E-state index is 12.7. The van der Waals surface area contributed by atoms with E-state index in [0.29, 0.717) is 34.2 Å². The Morgan fingerprint density at radius 1 is 0.729 bits per heavy atom. The normalized spacial score (nSPS) is 17.3. The molecule has 1 heterocycles. The number of hydrogen-bond acceptors (Lipinski definition) is 7. The number of ether oxygens (including phenoxy) is 3. The Hall–Kier alpha value is -5.13. The molecule has 9 nitrogen and oxygen atoms in total. The Kier molecular flexibility index (Phi) is 10.7. The summed E-state index contributed by atoms with van der Waals surface area (Å²) in [7, 11) is 0. The summed E-state index contributed by atoms with van der Waals surface area (Å²) < 4.78 is 18.6. The quantitative estimate of drug-likeness (QED) is 0.104. The number of benzene rings is 5. The summed E-state index contributed by atoms with van der Waals surface area (Å²) in [5.74, 6) is 0.936. The van der Waals surface area contributed by atoms with Gasteiger partial charge >= 0.3 is 12.0 Å². The van der Waals surface area contributed by atoms with Gasteiger partial charge in [-0.2, -0.15) is 0 Å². The lowest BCUT2D eigenvalue weighted by Crippen LogP contribution is -2.31. The molecule has 1 saturated heterocycles. The number of carbonyl (C=O) groups is 2. The summed E-state index contributed by atoms with van der Waals surface area (Å²) in [6.45, 7) is -0.0474. The van der Waals surface area contributed by atoms with Gasteiger partial charge in [0, 0.05) is 34.0 Å². The van der Waals surface area contributed by atoms with Crippen LogP contribution in [0.15, 0.2) is 132 Å². The molecule has 5 aromatic carbocycles. The van der Waals surface area contributed by atoms with Crippen molar-refractivity contribution >= 4 is 35.1 Å². The minimum absolute atomic E-state index is 0.0474. The molecule has 1 aliphatic heterocycles. The Bertz CT molecular complexity index is 1820. The van der Waals surface area contributed by atoms with Crippen LogP contribution in [0.1, 0.15) is 45.9 Å². The molecule has 244 valence electrons. The van der Waals surface area contributed by atoms with E-state index in [1.165, 1.54) is 11.8 Å². The van der Waals surface area contributed by atoms with Crippen LogP contribution >= 0.6 is 11.8 Å². The zero-order chi connectivity index (χ0) is 33.3. The van der Waals surface area contributed by atoms with Crippen molar-refractivity contribution in [3.63, 3.8) is 0 Å². The second-order valence-corrected chi connectivity index (χ2v) is 12.2.